The Bertz CT molecular complexity index is 1310. The largest absolute Gasteiger partial charge is 0.573 e. The molecule has 0 aromatic heterocycles. The van der Waals surface area contributed by atoms with Crippen LogP contribution >= 0.6 is 11.8 Å². The molecule has 194 valence electrons. The number of ether oxygens (including phenoxy) is 2. The summed E-state index contributed by atoms with van der Waals surface area (Å²) in [6, 6.07) is 7.07. The van der Waals surface area contributed by atoms with Crippen molar-refractivity contribution in [2.24, 2.45) is 4.99 Å². The highest BCUT2D eigenvalue weighted by Crippen LogP contribution is 2.42. The van der Waals surface area contributed by atoms with Crippen molar-refractivity contribution in [3.8, 4) is 23.3 Å². The minimum absolute atomic E-state index is 0.00538. The number of carbonyl (C=O) groups is 1. The van der Waals surface area contributed by atoms with E-state index in [1.165, 1.54) is 12.1 Å². The molecule has 2 N–H and O–H groups in total. The first-order valence-corrected chi connectivity index (χ1v) is 11.4. The second-order valence-corrected chi connectivity index (χ2v) is 8.85. The van der Waals surface area contributed by atoms with Crippen molar-refractivity contribution in [3.05, 3.63) is 58.0 Å². The van der Waals surface area contributed by atoms with Gasteiger partial charge >= 0.3 is 12.5 Å². The van der Waals surface area contributed by atoms with Gasteiger partial charge in [0.2, 0.25) is 0 Å². The zero-order valence-electron chi connectivity index (χ0n) is 18.5. The Labute approximate surface area is 210 Å². The average molecular weight is 542 g/mol. The summed E-state index contributed by atoms with van der Waals surface area (Å²) >= 11 is 1.01. The maximum Gasteiger partial charge on any atom is 0.573 e. The minimum atomic E-state index is -5.18. The smallest absolute Gasteiger partial charge is 0.453 e. The molecule has 2 aliphatic heterocycles. The van der Waals surface area contributed by atoms with Gasteiger partial charge < -0.3 is 20.1 Å². The third kappa shape index (κ3) is 6.75. The van der Waals surface area contributed by atoms with E-state index in [4.69, 9.17) is 10.00 Å². The van der Waals surface area contributed by atoms with Crippen molar-refractivity contribution in [3.63, 3.8) is 0 Å². The molecule has 7 nitrogen and oxygen atoms in total. The fourth-order valence-electron chi connectivity index (χ4n) is 3.49. The maximum absolute atomic E-state index is 13.5. The number of hydrogen-bond donors (Lipinski definition) is 2. The molecule has 0 radical (unpaired) electrons. The van der Waals surface area contributed by atoms with E-state index < -0.39 is 41.3 Å². The fraction of sp³-hybridized carbons (Fsp3) is 0.261. The van der Waals surface area contributed by atoms with Gasteiger partial charge in [-0.25, -0.2) is 0 Å². The number of rotatable bonds is 5. The number of thioether (sulfide) groups is 1. The molecule has 2 saturated heterocycles. The van der Waals surface area contributed by atoms with E-state index in [2.05, 4.69) is 20.4 Å². The van der Waals surface area contributed by atoms with Crippen LogP contribution in [0.4, 0.5) is 26.3 Å². The molecule has 0 saturated carbocycles. The summed E-state index contributed by atoms with van der Waals surface area (Å²) in [5.41, 5.74) is -1.56. The molecule has 2 heterocycles. The van der Waals surface area contributed by atoms with Crippen LogP contribution < -0.4 is 20.1 Å². The Balaban J connectivity index is 1.65. The second kappa shape index (κ2) is 10.3. The Hall–Kier alpha value is -3.70. The molecule has 2 aliphatic rings. The maximum atomic E-state index is 13.5. The number of amidine groups is 1. The lowest BCUT2D eigenvalue weighted by atomic mass is 10.1. The van der Waals surface area contributed by atoms with Gasteiger partial charge in [-0.05, 0) is 66.7 Å². The molecule has 1 unspecified atom stereocenters. The van der Waals surface area contributed by atoms with Crippen LogP contribution in [0.5, 0.6) is 17.2 Å². The first-order chi connectivity index (χ1) is 17.4. The molecular weight excluding hydrogens is 526 g/mol. The number of carbonyl (C=O) groups excluding carboxylic acids is 1. The average Bonchev–Trinajstić information content (AvgIpc) is 3.43. The molecule has 1 atom stereocenters. The molecule has 2 aromatic rings. The van der Waals surface area contributed by atoms with E-state index in [9.17, 15) is 31.1 Å². The predicted octanol–water partition coefficient (Wildman–Crippen LogP) is 5.19. The minimum Gasteiger partial charge on any atom is -0.453 e. The first-order valence-electron chi connectivity index (χ1n) is 10.6. The van der Waals surface area contributed by atoms with Gasteiger partial charge in [0.25, 0.3) is 5.91 Å². The molecular formula is C23H16F6N4O3S. The van der Waals surface area contributed by atoms with E-state index in [0.29, 0.717) is 17.8 Å². The molecule has 14 heteroatoms. The molecule has 2 fully saturated rings. The Morgan fingerprint density at radius 1 is 1.08 bits per heavy atom. The van der Waals surface area contributed by atoms with Gasteiger partial charge in [0, 0.05) is 6.54 Å². The van der Waals surface area contributed by atoms with Crippen LogP contribution in [0.25, 0.3) is 6.08 Å². The second-order valence-electron chi connectivity index (χ2n) is 7.82. The van der Waals surface area contributed by atoms with Crippen molar-refractivity contribution in [2.75, 3.05) is 13.1 Å². The van der Waals surface area contributed by atoms with Gasteiger partial charge in [-0.15, -0.1) is 13.2 Å². The lowest BCUT2D eigenvalue weighted by molar-refractivity contribution is -0.275. The van der Waals surface area contributed by atoms with Crippen molar-refractivity contribution in [1.82, 2.24) is 10.6 Å². The zero-order valence-corrected chi connectivity index (χ0v) is 19.4. The van der Waals surface area contributed by atoms with Crippen LogP contribution in [0.1, 0.15) is 23.1 Å². The van der Waals surface area contributed by atoms with Gasteiger partial charge in [-0.2, -0.15) is 18.4 Å². The van der Waals surface area contributed by atoms with Crippen molar-refractivity contribution in [1.29, 1.82) is 5.26 Å². The molecule has 4 rings (SSSR count). The highest BCUT2D eigenvalue weighted by Gasteiger charge is 2.36. The number of aliphatic imine (C=N–C) groups is 1. The molecule has 0 bridgehead atoms. The van der Waals surface area contributed by atoms with Crippen molar-refractivity contribution in [2.45, 2.75) is 25.0 Å². The van der Waals surface area contributed by atoms with E-state index in [-0.39, 0.29) is 22.1 Å². The number of nitrogens with one attached hydrogen (secondary N) is 2. The van der Waals surface area contributed by atoms with Gasteiger partial charge in [-0.1, -0.05) is 6.07 Å². The third-order valence-electron chi connectivity index (χ3n) is 5.11. The summed E-state index contributed by atoms with van der Waals surface area (Å²) in [7, 11) is 0. The standard InChI is InChI=1S/C23H16F6N4O3S/c24-22(25,26)15-7-13(10-30)2-3-16(15)35-17-4-1-12(8-18(17)36-23(27,28)29)9-19-20(34)33-21(37-19)32-14-5-6-31-11-14/h1-4,7-9,14,31H,5-6,11H2,(H,32,33,34)/b19-9-. The summed E-state index contributed by atoms with van der Waals surface area (Å²) in [6.45, 7) is 1.46. The summed E-state index contributed by atoms with van der Waals surface area (Å²) in [5.74, 6) is -2.90. The van der Waals surface area contributed by atoms with Crippen LogP contribution in [0.2, 0.25) is 0 Å². The normalized spacial score (nSPS) is 20.2. The van der Waals surface area contributed by atoms with E-state index in [0.717, 1.165) is 49.0 Å². The number of nitriles is 1. The van der Waals surface area contributed by atoms with Crippen LogP contribution in [-0.4, -0.2) is 36.6 Å². The molecule has 2 aromatic carbocycles. The fourth-order valence-corrected chi connectivity index (χ4v) is 4.38. The highest BCUT2D eigenvalue weighted by atomic mass is 32.2. The van der Waals surface area contributed by atoms with E-state index in [1.807, 2.05) is 0 Å². The van der Waals surface area contributed by atoms with Crippen molar-refractivity contribution >= 4 is 28.9 Å². The number of halogens is 6. The molecule has 37 heavy (non-hydrogen) atoms. The van der Waals surface area contributed by atoms with E-state index in [1.54, 1.807) is 6.07 Å². The first kappa shape index (κ1) is 26.4. The number of nitrogens with zero attached hydrogens (tertiary/aromatic N) is 2. The quantitative estimate of drug-likeness (QED) is 0.399. The highest BCUT2D eigenvalue weighted by molar-refractivity contribution is 8.18. The number of amides is 1. The van der Waals surface area contributed by atoms with Gasteiger partial charge in [-0.3, -0.25) is 9.79 Å². The van der Waals surface area contributed by atoms with Gasteiger partial charge in [0.15, 0.2) is 16.7 Å². The summed E-state index contributed by atoms with van der Waals surface area (Å²) in [4.78, 5) is 16.9. The van der Waals surface area contributed by atoms with Crippen molar-refractivity contribution < 1.29 is 40.6 Å². The van der Waals surface area contributed by atoms with Crippen LogP contribution in [0.15, 0.2) is 46.3 Å². The van der Waals surface area contributed by atoms with Crippen LogP contribution in [0.3, 0.4) is 0 Å². The number of hydrogen-bond acceptors (Lipinski definition) is 7. The molecule has 0 spiro atoms. The summed E-state index contributed by atoms with van der Waals surface area (Å²) in [6.07, 6.45) is -8.03. The van der Waals surface area contributed by atoms with E-state index >= 15 is 0 Å². The monoisotopic (exact) mass is 542 g/mol. The zero-order chi connectivity index (χ0) is 26.8. The number of alkyl halides is 6. The summed E-state index contributed by atoms with van der Waals surface area (Å²) < 4.78 is 88.8. The Morgan fingerprint density at radius 3 is 2.49 bits per heavy atom. The topological polar surface area (TPSA) is 95.7 Å². The summed E-state index contributed by atoms with van der Waals surface area (Å²) in [5, 5.41) is 15.0. The lowest BCUT2D eigenvalue weighted by Crippen LogP contribution is -2.22. The van der Waals surface area contributed by atoms with Gasteiger partial charge in [0.1, 0.15) is 5.75 Å². The SMILES string of the molecule is N#Cc1ccc(Oc2ccc(/C=C3\SC(=NC4CCNC4)NC3=O)cc2OC(F)(F)F)c(C(F)(F)F)c1. The van der Waals surface area contributed by atoms with Crippen LogP contribution in [-0.2, 0) is 11.0 Å². The predicted molar refractivity (Wildman–Crippen MR) is 122 cm³/mol. The lowest BCUT2D eigenvalue weighted by Gasteiger charge is -2.17. The Kier molecular flexibility index (Phi) is 7.37. The number of benzene rings is 2. The van der Waals surface area contributed by atoms with Crippen LogP contribution in [0, 0.1) is 11.3 Å². The Morgan fingerprint density at radius 2 is 1.84 bits per heavy atom. The molecule has 0 aliphatic carbocycles. The third-order valence-corrected chi connectivity index (χ3v) is 6.03. The van der Waals surface area contributed by atoms with Gasteiger partial charge in [0.05, 0.1) is 28.1 Å². The molecule has 1 amide bonds.